The summed E-state index contributed by atoms with van der Waals surface area (Å²) in [6.07, 6.45) is 0.649. The fraction of sp³-hybridized carbons (Fsp3) is 0.400. The van der Waals surface area contributed by atoms with Gasteiger partial charge in [-0.3, -0.25) is 25.2 Å². The molecule has 3 N–H and O–H groups in total. The second kappa shape index (κ2) is 7.42. The minimum Gasteiger partial charge on any atom is -0.318 e. The number of nitrogens with one attached hydrogen (secondary N) is 3. The van der Waals surface area contributed by atoms with Crippen molar-refractivity contribution in [2.24, 2.45) is 5.92 Å². The third-order valence-corrected chi connectivity index (χ3v) is 3.33. The Morgan fingerprint density at radius 3 is 2.29 bits per heavy atom. The number of carbonyl (C=O) groups excluding carboxylic acids is 3. The van der Waals surface area contributed by atoms with Crippen molar-refractivity contribution in [3.8, 4) is 0 Å². The number of aryl methyl sites for hydroxylation is 2. The molecule has 0 aliphatic rings. The molecule has 0 heterocycles. The van der Waals surface area contributed by atoms with Gasteiger partial charge in [0.15, 0.2) is 0 Å². The van der Waals surface area contributed by atoms with Crippen LogP contribution in [-0.4, -0.2) is 17.7 Å². The Balaban J connectivity index is 2.53. The number of hydrazine groups is 1. The minimum atomic E-state index is -0.912. The molecule has 0 fully saturated rings. The van der Waals surface area contributed by atoms with Crippen molar-refractivity contribution in [1.82, 2.24) is 10.9 Å². The lowest BCUT2D eigenvalue weighted by molar-refractivity contribution is -0.138. The second-order valence-electron chi connectivity index (χ2n) is 5.01. The molecular weight excluding hydrogens is 270 g/mol. The molecule has 0 aliphatic carbocycles. The molecule has 0 bridgehead atoms. The number of rotatable bonds is 3. The fourth-order valence-electron chi connectivity index (χ4n) is 1.49. The van der Waals surface area contributed by atoms with Crippen LogP contribution in [0.15, 0.2) is 18.2 Å². The van der Waals surface area contributed by atoms with Gasteiger partial charge in [0.1, 0.15) is 0 Å². The van der Waals surface area contributed by atoms with Crippen LogP contribution in [0.5, 0.6) is 0 Å². The van der Waals surface area contributed by atoms with E-state index in [1.165, 1.54) is 0 Å². The monoisotopic (exact) mass is 291 g/mol. The molecule has 0 saturated heterocycles. The Hall–Kier alpha value is -2.37. The maximum absolute atomic E-state index is 11.7. The molecule has 0 aliphatic heterocycles. The third-order valence-electron chi connectivity index (χ3n) is 3.33. The highest BCUT2D eigenvalue weighted by molar-refractivity contribution is 6.39. The summed E-state index contributed by atoms with van der Waals surface area (Å²) in [5, 5.41) is 2.47. The van der Waals surface area contributed by atoms with Crippen LogP contribution in [0.4, 0.5) is 5.69 Å². The van der Waals surface area contributed by atoms with E-state index in [2.05, 4.69) is 16.2 Å². The first-order valence-electron chi connectivity index (χ1n) is 6.83. The van der Waals surface area contributed by atoms with E-state index in [0.29, 0.717) is 12.1 Å². The Bertz CT molecular complexity index is 555. The molecular formula is C15H21N3O3. The zero-order valence-corrected chi connectivity index (χ0v) is 12.7. The molecule has 0 unspecified atom stereocenters. The predicted molar refractivity (Wildman–Crippen MR) is 80.3 cm³/mol. The van der Waals surface area contributed by atoms with Gasteiger partial charge in [0.2, 0.25) is 5.91 Å². The highest BCUT2D eigenvalue weighted by atomic mass is 16.2. The Kier molecular flexibility index (Phi) is 5.90. The zero-order valence-electron chi connectivity index (χ0n) is 12.7. The molecule has 0 saturated carbocycles. The highest BCUT2D eigenvalue weighted by Gasteiger charge is 2.16. The Labute approximate surface area is 124 Å². The lowest BCUT2D eigenvalue weighted by atomic mass is 10.1. The van der Waals surface area contributed by atoms with E-state index in [-0.39, 0.29) is 11.8 Å². The quantitative estimate of drug-likeness (QED) is 0.581. The van der Waals surface area contributed by atoms with Gasteiger partial charge in [0.05, 0.1) is 0 Å². The van der Waals surface area contributed by atoms with Gasteiger partial charge in [-0.25, -0.2) is 0 Å². The van der Waals surface area contributed by atoms with Crippen LogP contribution in [0, 0.1) is 19.8 Å². The minimum absolute atomic E-state index is 0.229. The van der Waals surface area contributed by atoms with Gasteiger partial charge >= 0.3 is 11.8 Å². The van der Waals surface area contributed by atoms with Gasteiger partial charge in [0.25, 0.3) is 0 Å². The van der Waals surface area contributed by atoms with E-state index < -0.39 is 11.8 Å². The van der Waals surface area contributed by atoms with Crippen LogP contribution in [-0.2, 0) is 14.4 Å². The van der Waals surface area contributed by atoms with E-state index in [1.807, 2.05) is 26.8 Å². The van der Waals surface area contributed by atoms with Gasteiger partial charge in [0, 0.05) is 11.6 Å². The van der Waals surface area contributed by atoms with Crippen molar-refractivity contribution in [2.75, 3.05) is 5.32 Å². The van der Waals surface area contributed by atoms with Crippen molar-refractivity contribution in [3.63, 3.8) is 0 Å². The second-order valence-corrected chi connectivity index (χ2v) is 5.01. The van der Waals surface area contributed by atoms with Gasteiger partial charge in [-0.15, -0.1) is 0 Å². The van der Waals surface area contributed by atoms with Crippen LogP contribution in [0.3, 0.4) is 0 Å². The average molecular weight is 291 g/mol. The Morgan fingerprint density at radius 2 is 1.71 bits per heavy atom. The molecule has 6 heteroatoms. The van der Waals surface area contributed by atoms with Crippen LogP contribution < -0.4 is 16.2 Å². The summed E-state index contributed by atoms with van der Waals surface area (Å²) in [4.78, 5) is 34.7. The molecule has 0 aromatic heterocycles. The predicted octanol–water partition coefficient (Wildman–Crippen LogP) is 1.44. The summed E-state index contributed by atoms with van der Waals surface area (Å²) in [5.74, 6) is -2.30. The van der Waals surface area contributed by atoms with Crippen molar-refractivity contribution < 1.29 is 14.4 Å². The van der Waals surface area contributed by atoms with Crippen molar-refractivity contribution in [1.29, 1.82) is 0 Å². The summed E-state index contributed by atoms with van der Waals surface area (Å²) in [6, 6.07) is 5.34. The van der Waals surface area contributed by atoms with E-state index in [1.54, 1.807) is 19.1 Å². The summed E-state index contributed by atoms with van der Waals surface area (Å²) < 4.78 is 0. The van der Waals surface area contributed by atoms with Crippen LogP contribution in [0.2, 0.25) is 0 Å². The topological polar surface area (TPSA) is 87.3 Å². The molecule has 114 valence electrons. The number of hydrogen-bond acceptors (Lipinski definition) is 3. The SMILES string of the molecule is CC[C@H](C)C(=O)NNC(=O)C(=O)Nc1ccc(C)c(C)c1. The van der Waals surface area contributed by atoms with E-state index in [4.69, 9.17) is 0 Å². The molecule has 6 nitrogen and oxygen atoms in total. The van der Waals surface area contributed by atoms with Crippen molar-refractivity contribution >= 4 is 23.4 Å². The van der Waals surface area contributed by atoms with Gasteiger partial charge in [-0.2, -0.15) is 0 Å². The molecule has 1 rings (SSSR count). The highest BCUT2D eigenvalue weighted by Crippen LogP contribution is 2.13. The fourth-order valence-corrected chi connectivity index (χ4v) is 1.49. The Morgan fingerprint density at radius 1 is 1.05 bits per heavy atom. The van der Waals surface area contributed by atoms with Crippen molar-refractivity contribution in [2.45, 2.75) is 34.1 Å². The smallest absolute Gasteiger partial charge is 0.318 e. The van der Waals surface area contributed by atoms with Gasteiger partial charge in [-0.1, -0.05) is 19.9 Å². The number of carbonyl (C=O) groups is 3. The number of amides is 3. The summed E-state index contributed by atoms with van der Waals surface area (Å²) in [6.45, 7) is 7.46. The lowest BCUT2D eigenvalue weighted by Crippen LogP contribution is -2.48. The molecule has 0 spiro atoms. The number of benzene rings is 1. The maximum Gasteiger partial charge on any atom is 0.328 e. The standard InChI is InChI=1S/C15H21N3O3/c1-5-9(2)13(19)17-18-15(21)14(20)16-12-7-6-10(3)11(4)8-12/h6-9H,5H2,1-4H3,(H,16,20)(H,17,19)(H,18,21)/t9-/m0/s1. The van der Waals surface area contributed by atoms with Crippen LogP contribution in [0.25, 0.3) is 0 Å². The lowest BCUT2D eigenvalue weighted by Gasteiger charge is -2.11. The first-order chi connectivity index (χ1) is 9.85. The van der Waals surface area contributed by atoms with E-state index in [0.717, 1.165) is 11.1 Å². The first-order valence-corrected chi connectivity index (χ1v) is 6.83. The number of anilines is 1. The van der Waals surface area contributed by atoms with Crippen LogP contribution in [0.1, 0.15) is 31.4 Å². The average Bonchev–Trinajstić information content (AvgIpc) is 2.47. The molecule has 3 amide bonds. The maximum atomic E-state index is 11.7. The molecule has 1 atom stereocenters. The van der Waals surface area contributed by atoms with Gasteiger partial charge < -0.3 is 5.32 Å². The molecule has 0 radical (unpaired) electrons. The first kappa shape index (κ1) is 16.7. The summed E-state index contributed by atoms with van der Waals surface area (Å²) in [7, 11) is 0. The van der Waals surface area contributed by atoms with Crippen molar-refractivity contribution in [3.05, 3.63) is 29.3 Å². The van der Waals surface area contributed by atoms with Crippen LogP contribution >= 0.6 is 0 Å². The van der Waals surface area contributed by atoms with Gasteiger partial charge in [-0.05, 0) is 43.5 Å². The normalized spacial score (nSPS) is 11.4. The molecule has 21 heavy (non-hydrogen) atoms. The molecule has 1 aromatic rings. The van der Waals surface area contributed by atoms with E-state index >= 15 is 0 Å². The molecule has 1 aromatic carbocycles. The zero-order chi connectivity index (χ0) is 16.0. The van der Waals surface area contributed by atoms with E-state index in [9.17, 15) is 14.4 Å². The summed E-state index contributed by atoms with van der Waals surface area (Å²) >= 11 is 0. The summed E-state index contributed by atoms with van der Waals surface area (Å²) in [5.41, 5.74) is 6.96. The number of hydrogen-bond donors (Lipinski definition) is 3. The third kappa shape index (κ3) is 4.91. The largest absolute Gasteiger partial charge is 0.328 e.